The van der Waals surface area contributed by atoms with Crippen molar-refractivity contribution in [3.05, 3.63) is 83.9 Å². The standard InChI is InChI=1S/C22H24N2O4/c1-2-28-19(25)15-9-14-18(21(23)26)24-22(27)20(16-10-5-3-6-11-16)17-12-7-4-8-13-17/h3-13,15,18,20H,2,14H2,1H3,(H2,23,26)(H,24,27)/b15-9+/t18-/m1/s1. The molecular formula is C22H24N2O4. The van der Waals surface area contributed by atoms with E-state index in [0.717, 1.165) is 11.1 Å². The van der Waals surface area contributed by atoms with Crippen molar-refractivity contribution in [3.63, 3.8) is 0 Å². The summed E-state index contributed by atoms with van der Waals surface area (Å²) in [7, 11) is 0. The van der Waals surface area contributed by atoms with Gasteiger partial charge in [0.2, 0.25) is 11.8 Å². The quantitative estimate of drug-likeness (QED) is 0.515. The Kier molecular flexibility index (Phi) is 7.96. The van der Waals surface area contributed by atoms with Crippen LogP contribution < -0.4 is 11.1 Å². The van der Waals surface area contributed by atoms with E-state index in [-0.39, 0.29) is 18.9 Å². The van der Waals surface area contributed by atoms with Gasteiger partial charge in [-0.3, -0.25) is 9.59 Å². The van der Waals surface area contributed by atoms with Gasteiger partial charge < -0.3 is 15.8 Å². The predicted molar refractivity (Wildman–Crippen MR) is 106 cm³/mol. The molecule has 2 amide bonds. The van der Waals surface area contributed by atoms with E-state index < -0.39 is 23.8 Å². The Bertz CT molecular complexity index is 779. The van der Waals surface area contributed by atoms with E-state index in [1.807, 2.05) is 60.7 Å². The number of benzene rings is 2. The van der Waals surface area contributed by atoms with Crippen LogP contribution >= 0.6 is 0 Å². The van der Waals surface area contributed by atoms with Gasteiger partial charge >= 0.3 is 5.97 Å². The van der Waals surface area contributed by atoms with Crippen LogP contribution in [0.1, 0.15) is 30.4 Å². The monoisotopic (exact) mass is 380 g/mol. The minimum absolute atomic E-state index is 0.0934. The summed E-state index contributed by atoms with van der Waals surface area (Å²) in [6.45, 7) is 1.96. The SMILES string of the molecule is CCOC(=O)/C=C/C[C@@H](NC(=O)C(c1ccccc1)c1ccccc1)C(N)=O. The summed E-state index contributed by atoms with van der Waals surface area (Å²) in [6.07, 6.45) is 2.78. The first kappa shape index (κ1) is 20.9. The van der Waals surface area contributed by atoms with Gasteiger partial charge in [-0.15, -0.1) is 0 Å². The van der Waals surface area contributed by atoms with E-state index in [1.54, 1.807) is 6.92 Å². The molecule has 0 aliphatic carbocycles. The van der Waals surface area contributed by atoms with Gasteiger partial charge in [-0.1, -0.05) is 66.7 Å². The van der Waals surface area contributed by atoms with E-state index in [0.29, 0.717) is 0 Å². The molecule has 0 unspecified atom stereocenters. The number of esters is 1. The molecule has 0 saturated heterocycles. The molecule has 0 spiro atoms. The Labute approximate surface area is 164 Å². The molecule has 0 fully saturated rings. The van der Waals surface area contributed by atoms with Crippen molar-refractivity contribution in [1.82, 2.24) is 5.32 Å². The molecule has 6 nitrogen and oxygen atoms in total. The summed E-state index contributed by atoms with van der Waals surface area (Å²) in [5.74, 6) is -2.12. The maximum absolute atomic E-state index is 13.0. The van der Waals surface area contributed by atoms with Crippen molar-refractivity contribution in [2.45, 2.75) is 25.3 Å². The van der Waals surface area contributed by atoms with Gasteiger partial charge in [0.15, 0.2) is 0 Å². The normalized spacial score (nSPS) is 11.9. The van der Waals surface area contributed by atoms with Crippen molar-refractivity contribution in [1.29, 1.82) is 0 Å². The number of nitrogens with one attached hydrogen (secondary N) is 1. The zero-order valence-electron chi connectivity index (χ0n) is 15.7. The van der Waals surface area contributed by atoms with Crippen LogP contribution in [0, 0.1) is 0 Å². The van der Waals surface area contributed by atoms with Gasteiger partial charge in [-0.05, 0) is 24.5 Å². The van der Waals surface area contributed by atoms with E-state index in [4.69, 9.17) is 10.5 Å². The van der Waals surface area contributed by atoms with E-state index in [1.165, 1.54) is 12.2 Å². The van der Waals surface area contributed by atoms with Crippen molar-refractivity contribution in [2.75, 3.05) is 6.61 Å². The Balaban J connectivity index is 2.18. The van der Waals surface area contributed by atoms with Crippen LogP contribution in [0.15, 0.2) is 72.8 Å². The summed E-state index contributed by atoms with van der Waals surface area (Å²) < 4.78 is 4.79. The number of amides is 2. The molecule has 146 valence electrons. The number of carbonyl (C=O) groups excluding carboxylic acids is 3. The molecule has 0 aliphatic rings. The van der Waals surface area contributed by atoms with Crippen LogP contribution in [0.5, 0.6) is 0 Å². The third-order valence-corrected chi connectivity index (χ3v) is 4.10. The topological polar surface area (TPSA) is 98.5 Å². The summed E-state index contributed by atoms with van der Waals surface area (Å²) >= 11 is 0. The first-order valence-electron chi connectivity index (χ1n) is 9.05. The largest absolute Gasteiger partial charge is 0.463 e. The van der Waals surface area contributed by atoms with Crippen LogP contribution in [0.25, 0.3) is 0 Å². The summed E-state index contributed by atoms with van der Waals surface area (Å²) in [5.41, 5.74) is 7.04. The van der Waals surface area contributed by atoms with Gasteiger partial charge in [0, 0.05) is 6.08 Å². The van der Waals surface area contributed by atoms with Gasteiger partial charge in [0.1, 0.15) is 6.04 Å². The number of nitrogens with two attached hydrogens (primary N) is 1. The number of hydrogen-bond donors (Lipinski definition) is 2. The van der Waals surface area contributed by atoms with Gasteiger partial charge in [0.25, 0.3) is 0 Å². The van der Waals surface area contributed by atoms with Crippen molar-refractivity contribution in [3.8, 4) is 0 Å². The minimum atomic E-state index is -0.937. The number of hydrogen-bond acceptors (Lipinski definition) is 4. The first-order valence-corrected chi connectivity index (χ1v) is 9.05. The highest BCUT2D eigenvalue weighted by molar-refractivity contribution is 5.92. The highest BCUT2D eigenvalue weighted by Gasteiger charge is 2.26. The fourth-order valence-corrected chi connectivity index (χ4v) is 2.78. The molecule has 2 rings (SSSR count). The maximum atomic E-state index is 13.0. The molecule has 2 aromatic rings. The number of carbonyl (C=O) groups is 3. The minimum Gasteiger partial charge on any atom is -0.463 e. The average Bonchev–Trinajstić information content (AvgIpc) is 2.69. The molecule has 0 radical (unpaired) electrons. The summed E-state index contributed by atoms with van der Waals surface area (Å²) in [4.78, 5) is 36.2. The lowest BCUT2D eigenvalue weighted by molar-refractivity contribution is -0.137. The highest BCUT2D eigenvalue weighted by atomic mass is 16.5. The molecule has 1 atom stereocenters. The lowest BCUT2D eigenvalue weighted by Crippen LogP contribution is -2.46. The molecule has 0 saturated carbocycles. The molecule has 0 aromatic heterocycles. The van der Waals surface area contributed by atoms with Crippen molar-refractivity contribution >= 4 is 17.8 Å². The zero-order valence-corrected chi connectivity index (χ0v) is 15.7. The van der Waals surface area contributed by atoms with E-state index >= 15 is 0 Å². The Morgan fingerprint density at radius 3 is 2.00 bits per heavy atom. The number of rotatable bonds is 9. The second kappa shape index (κ2) is 10.7. The van der Waals surface area contributed by atoms with Gasteiger partial charge in [-0.2, -0.15) is 0 Å². The van der Waals surface area contributed by atoms with Crippen LogP contribution in [-0.4, -0.2) is 30.4 Å². The van der Waals surface area contributed by atoms with Crippen molar-refractivity contribution in [2.24, 2.45) is 5.73 Å². The fourth-order valence-electron chi connectivity index (χ4n) is 2.78. The molecule has 3 N–H and O–H groups in total. The maximum Gasteiger partial charge on any atom is 0.330 e. The fraction of sp³-hybridized carbons (Fsp3) is 0.227. The van der Waals surface area contributed by atoms with Crippen LogP contribution in [0.2, 0.25) is 0 Å². The molecule has 0 aliphatic heterocycles. The Hall–Kier alpha value is -3.41. The molecule has 6 heteroatoms. The first-order chi connectivity index (χ1) is 13.5. The smallest absolute Gasteiger partial charge is 0.330 e. The van der Waals surface area contributed by atoms with E-state index in [2.05, 4.69) is 5.32 Å². The van der Waals surface area contributed by atoms with E-state index in [9.17, 15) is 14.4 Å². The highest BCUT2D eigenvalue weighted by Crippen LogP contribution is 2.25. The second-order valence-electron chi connectivity index (χ2n) is 6.11. The van der Waals surface area contributed by atoms with Crippen molar-refractivity contribution < 1.29 is 19.1 Å². The third-order valence-electron chi connectivity index (χ3n) is 4.10. The molecule has 0 heterocycles. The lowest BCUT2D eigenvalue weighted by Gasteiger charge is -2.21. The molecule has 2 aromatic carbocycles. The zero-order chi connectivity index (χ0) is 20.4. The predicted octanol–water partition coefficient (Wildman–Crippen LogP) is 2.30. The number of ether oxygens (including phenoxy) is 1. The Morgan fingerprint density at radius 2 is 1.54 bits per heavy atom. The van der Waals surface area contributed by atoms with Gasteiger partial charge in [-0.25, -0.2) is 4.79 Å². The second-order valence-corrected chi connectivity index (χ2v) is 6.11. The summed E-state index contributed by atoms with van der Waals surface area (Å²) in [6, 6.07) is 17.7. The Morgan fingerprint density at radius 1 is 1.00 bits per heavy atom. The third kappa shape index (κ3) is 6.09. The number of primary amides is 1. The summed E-state index contributed by atoms with van der Waals surface area (Å²) in [5, 5.41) is 2.70. The average molecular weight is 380 g/mol. The molecule has 28 heavy (non-hydrogen) atoms. The van der Waals surface area contributed by atoms with Crippen LogP contribution in [0.3, 0.4) is 0 Å². The molecular weight excluding hydrogens is 356 g/mol. The van der Waals surface area contributed by atoms with Crippen LogP contribution in [0.4, 0.5) is 0 Å². The van der Waals surface area contributed by atoms with Gasteiger partial charge in [0.05, 0.1) is 12.5 Å². The lowest BCUT2D eigenvalue weighted by atomic mass is 9.90. The van der Waals surface area contributed by atoms with Crippen LogP contribution in [-0.2, 0) is 19.1 Å². The molecule has 0 bridgehead atoms.